The van der Waals surface area contributed by atoms with Gasteiger partial charge in [0, 0.05) is 6.10 Å². The van der Waals surface area contributed by atoms with Gasteiger partial charge in [-0.3, -0.25) is 0 Å². The molecule has 0 amide bonds. The third kappa shape index (κ3) is 4.08. The maximum absolute atomic E-state index is 5.63. The van der Waals surface area contributed by atoms with Crippen LogP contribution in [0.2, 0.25) is 13.1 Å². The highest BCUT2D eigenvalue weighted by molar-refractivity contribution is 6.76. The molecular weight excluding hydrogens is 228 g/mol. The fourth-order valence-corrected chi connectivity index (χ4v) is 2.73. The van der Waals surface area contributed by atoms with Crippen molar-refractivity contribution in [1.82, 2.24) is 0 Å². The van der Waals surface area contributed by atoms with Gasteiger partial charge in [0.25, 0.3) is 9.76 Å². The lowest BCUT2D eigenvalue weighted by atomic mass is 10.2. The van der Waals surface area contributed by atoms with E-state index in [1.54, 1.807) is 0 Å². The molecule has 16 heavy (non-hydrogen) atoms. The Morgan fingerprint density at radius 1 is 1.38 bits per heavy atom. The molecule has 0 unspecified atom stereocenters. The van der Waals surface area contributed by atoms with Gasteiger partial charge >= 0.3 is 0 Å². The lowest BCUT2D eigenvalue weighted by Gasteiger charge is -2.10. The fourth-order valence-electron chi connectivity index (χ4n) is 1.24. The quantitative estimate of drug-likeness (QED) is 0.727. The first-order valence-corrected chi connectivity index (χ1v) is 8.93. The lowest BCUT2D eigenvalue weighted by Crippen LogP contribution is -2.21. The van der Waals surface area contributed by atoms with Crippen LogP contribution in [0.3, 0.4) is 0 Å². The highest BCUT2D eigenvalue weighted by Gasteiger charge is 2.06. The predicted octanol–water partition coefficient (Wildman–Crippen LogP) is 2.66. The SMILES string of the molecule is C=C(c1cccc([Si]OC(C)C)c1)[Si](C)C. The van der Waals surface area contributed by atoms with Crippen LogP contribution in [-0.4, -0.2) is 24.7 Å². The summed E-state index contributed by atoms with van der Waals surface area (Å²) in [5, 5.41) is 2.55. The van der Waals surface area contributed by atoms with Crippen LogP contribution < -0.4 is 5.19 Å². The molecule has 0 aromatic heterocycles. The third-order valence-corrected chi connectivity index (χ3v) is 4.86. The number of rotatable bonds is 5. The summed E-state index contributed by atoms with van der Waals surface area (Å²) in [4.78, 5) is 0. The minimum absolute atomic E-state index is 0.294. The van der Waals surface area contributed by atoms with Crippen molar-refractivity contribution >= 4 is 28.9 Å². The van der Waals surface area contributed by atoms with Crippen LogP contribution in [-0.2, 0) is 4.43 Å². The molecule has 1 rings (SSSR count). The first-order chi connectivity index (χ1) is 7.50. The highest BCUT2D eigenvalue weighted by atomic mass is 28.3. The van der Waals surface area contributed by atoms with Crippen molar-refractivity contribution in [2.45, 2.75) is 33.0 Å². The number of benzene rings is 1. The zero-order chi connectivity index (χ0) is 12.1. The Morgan fingerprint density at radius 2 is 2.06 bits per heavy atom. The maximum Gasteiger partial charge on any atom is 0.269 e. The van der Waals surface area contributed by atoms with Crippen LogP contribution in [0.4, 0.5) is 0 Å². The van der Waals surface area contributed by atoms with Gasteiger partial charge in [0.1, 0.15) is 0 Å². The molecular formula is C13H19OSi2. The Balaban J connectivity index is 2.75. The molecule has 1 nitrogen and oxygen atoms in total. The first-order valence-electron chi connectivity index (χ1n) is 5.52. The van der Waals surface area contributed by atoms with Crippen molar-refractivity contribution in [3.8, 4) is 0 Å². The van der Waals surface area contributed by atoms with E-state index in [0.717, 1.165) is 0 Å². The van der Waals surface area contributed by atoms with Crippen molar-refractivity contribution < 1.29 is 4.43 Å². The van der Waals surface area contributed by atoms with Gasteiger partial charge in [-0.05, 0) is 24.6 Å². The Morgan fingerprint density at radius 3 is 2.62 bits per heavy atom. The Labute approximate surface area is 103 Å². The molecule has 0 heterocycles. The summed E-state index contributed by atoms with van der Waals surface area (Å²) in [5.74, 6) is 0. The minimum atomic E-state index is -0.444. The van der Waals surface area contributed by atoms with Gasteiger partial charge in [-0.2, -0.15) is 0 Å². The standard InChI is InChI=1S/C13H19OSi2/c1-10(2)14-15-13-8-6-7-12(9-13)11(3)16(4)5/h6-10H,3H2,1-2,4-5H3. The van der Waals surface area contributed by atoms with E-state index in [-0.39, 0.29) is 0 Å². The molecule has 0 aliphatic carbocycles. The Bertz CT molecular complexity index is 359. The van der Waals surface area contributed by atoms with Crippen molar-refractivity contribution in [2.75, 3.05) is 0 Å². The van der Waals surface area contributed by atoms with Crippen LogP contribution in [0.5, 0.6) is 0 Å². The maximum atomic E-state index is 5.63. The molecule has 1 aromatic carbocycles. The highest BCUT2D eigenvalue weighted by Crippen LogP contribution is 2.13. The van der Waals surface area contributed by atoms with Crippen molar-refractivity contribution in [3.63, 3.8) is 0 Å². The van der Waals surface area contributed by atoms with Crippen LogP contribution in [0.15, 0.2) is 30.8 Å². The lowest BCUT2D eigenvalue weighted by molar-refractivity contribution is 0.260. The second-order valence-corrected chi connectivity index (χ2v) is 7.95. The van der Waals surface area contributed by atoms with E-state index >= 15 is 0 Å². The first kappa shape index (κ1) is 13.4. The van der Waals surface area contributed by atoms with Crippen LogP contribution in [0.1, 0.15) is 19.4 Å². The fraction of sp³-hybridized carbons (Fsp3) is 0.385. The van der Waals surface area contributed by atoms with Crippen LogP contribution in [0, 0.1) is 0 Å². The summed E-state index contributed by atoms with van der Waals surface area (Å²) >= 11 is 0. The van der Waals surface area contributed by atoms with E-state index in [4.69, 9.17) is 4.43 Å². The third-order valence-electron chi connectivity index (χ3n) is 2.23. The second kappa shape index (κ2) is 6.18. The van der Waals surface area contributed by atoms with E-state index in [9.17, 15) is 0 Å². The summed E-state index contributed by atoms with van der Waals surface area (Å²) in [5.41, 5.74) is 1.27. The Hall–Kier alpha value is -0.646. The van der Waals surface area contributed by atoms with Gasteiger partial charge in [-0.1, -0.05) is 49.1 Å². The molecule has 0 aliphatic rings. The minimum Gasteiger partial charge on any atom is -0.409 e. The zero-order valence-corrected chi connectivity index (χ0v) is 12.5. The van der Waals surface area contributed by atoms with E-state index < -0.39 is 8.80 Å². The summed E-state index contributed by atoms with van der Waals surface area (Å²) in [6.07, 6.45) is 0.294. The zero-order valence-electron chi connectivity index (χ0n) is 10.5. The van der Waals surface area contributed by atoms with Gasteiger partial charge in [-0.15, -0.1) is 0 Å². The van der Waals surface area contributed by atoms with Crippen LogP contribution >= 0.6 is 0 Å². The van der Waals surface area contributed by atoms with Gasteiger partial charge in [0.2, 0.25) is 0 Å². The predicted molar refractivity (Wildman–Crippen MR) is 74.6 cm³/mol. The molecule has 0 N–H and O–H groups in total. The number of hydrogen-bond acceptors (Lipinski definition) is 1. The smallest absolute Gasteiger partial charge is 0.269 e. The molecule has 0 aliphatic heterocycles. The van der Waals surface area contributed by atoms with E-state index in [2.05, 4.69) is 57.8 Å². The number of hydrogen-bond donors (Lipinski definition) is 0. The van der Waals surface area contributed by atoms with Crippen molar-refractivity contribution in [3.05, 3.63) is 36.4 Å². The summed E-state index contributed by atoms with van der Waals surface area (Å²) in [6, 6.07) is 8.57. The topological polar surface area (TPSA) is 9.23 Å². The average Bonchev–Trinajstić information content (AvgIpc) is 2.25. The van der Waals surface area contributed by atoms with Crippen molar-refractivity contribution in [2.24, 2.45) is 0 Å². The van der Waals surface area contributed by atoms with Gasteiger partial charge < -0.3 is 4.43 Å². The molecule has 85 valence electrons. The molecule has 0 bridgehead atoms. The second-order valence-electron chi connectivity index (χ2n) is 4.33. The van der Waals surface area contributed by atoms with E-state index in [0.29, 0.717) is 15.9 Å². The molecule has 0 saturated heterocycles. The largest absolute Gasteiger partial charge is 0.409 e. The van der Waals surface area contributed by atoms with E-state index in [1.807, 2.05) is 0 Å². The van der Waals surface area contributed by atoms with Gasteiger partial charge in [-0.25, -0.2) is 0 Å². The molecule has 0 fully saturated rings. The van der Waals surface area contributed by atoms with Crippen molar-refractivity contribution in [1.29, 1.82) is 0 Å². The molecule has 0 spiro atoms. The van der Waals surface area contributed by atoms with Crippen LogP contribution in [0.25, 0.3) is 5.20 Å². The Kier molecular flexibility index (Phi) is 5.18. The summed E-state index contributed by atoms with van der Waals surface area (Å²) in [7, 11) is -0.00632. The van der Waals surface area contributed by atoms with Gasteiger partial charge in [0.05, 0.1) is 8.80 Å². The molecule has 0 saturated carbocycles. The average molecular weight is 247 g/mol. The van der Waals surface area contributed by atoms with Gasteiger partial charge in [0.15, 0.2) is 0 Å². The monoisotopic (exact) mass is 247 g/mol. The molecule has 3 radical (unpaired) electrons. The molecule has 3 heteroatoms. The molecule has 1 aromatic rings. The normalized spacial score (nSPS) is 11.1. The summed E-state index contributed by atoms with van der Waals surface area (Å²) in [6.45, 7) is 12.8. The molecule has 0 atom stereocenters. The van der Waals surface area contributed by atoms with E-state index in [1.165, 1.54) is 15.9 Å². The summed E-state index contributed by atoms with van der Waals surface area (Å²) < 4.78 is 5.63.